The highest BCUT2D eigenvalue weighted by Gasteiger charge is 2.35. The molecule has 2 aromatic rings. The quantitative estimate of drug-likeness (QED) is 0.304. The van der Waals surface area contributed by atoms with Crippen molar-refractivity contribution in [3.05, 3.63) is 47.3 Å². The Labute approximate surface area is 362 Å². The monoisotopic (exact) mass is 806 g/mol. The third-order valence-corrected chi connectivity index (χ3v) is 12.6. The van der Waals surface area contributed by atoms with Crippen molar-refractivity contribution in [1.29, 1.82) is 0 Å². The Hall–Kier alpha value is -1.97. The van der Waals surface area contributed by atoms with Crippen molar-refractivity contribution >= 4 is 5.78 Å². The minimum absolute atomic E-state index is 0.0243. The van der Waals surface area contributed by atoms with Crippen LogP contribution in [0.2, 0.25) is 0 Å². The molecule has 1 heterocycles. The minimum atomic E-state index is -0.151. The Morgan fingerprint density at radius 3 is 1.12 bits per heavy atom. The first-order valence-corrected chi connectivity index (χ1v) is 23.3. The zero-order chi connectivity index (χ0) is 45.5. The molecule has 1 aromatic heterocycles. The zero-order valence-electron chi connectivity index (χ0n) is 43.3. The molecule has 4 heteroatoms. The van der Waals surface area contributed by atoms with Crippen LogP contribution in [0.4, 0.5) is 0 Å². The van der Waals surface area contributed by atoms with Gasteiger partial charge in [0.25, 0.3) is 0 Å². The summed E-state index contributed by atoms with van der Waals surface area (Å²) in [5.74, 6) is 3.58. The molecule has 0 saturated heterocycles. The number of carbonyl (C=O) groups excluding carboxylic acids is 1. The molecule has 1 aromatic carbocycles. The predicted molar refractivity (Wildman–Crippen MR) is 256 cm³/mol. The van der Waals surface area contributed by atoms with Gasteiger partial charge in [0.15, 0.2) is 0 Å². The van der Waals surface area contributed by atoms with Crippen LogP contribution in [0, 0.1) is 45.3 Å². The lowest BCUT2D eigenvalue weighted by Gasteiger charge is -2.41. The smallest absolute Gasteiger partial charge is 0.141 e. The summed E-state index contributed by atoms with van der Waals surface area (Å²) < 4.78 is 1.91. The third kappa shape index (κ3) is 19.6. The maximum Gasteiger partial charge on any atom is 0.141 e. The lowest BCUT2D eigenvalue weighted by molar-refractivity contribution is -0.131. The van der Waals surface area contributed by atoms with Crippen molar-refractivity contribution < 1.29 is 4.79 Å². The maximum atomic E-state index is 12.2. The second kappa shape index (κ2) is 20.3. The van der Waals surface area contributed by atoms with Crippen molar-refractivity contribution in [2.45, 2.75) is 246 Å². The van der Waals surface area contributed by atoms with E-state index in [1.807, 2.05) is 10.9 Å². The van der Waals surface area contributed by atoms with Crippen molar-refractivity contribution in [1.82, 2.24) is 15.0 Å². The molecule has 0 atom stereocenters. The lowest BCUT2D eigenvalue weighted by Crippen LogP contribution is -2.31. The highest BCUT2D eigenvalue weighted by atomic mass is 16.1. The van der Waals surface area contributed by atoms with Gasteiger partial charge < -0.3 is 0 Å². The fraction of sp³-hybridized carbons (Fsp3) is 0.833. The number of aromatic nitrogens is 3. The summed E-state index contributed by atoms with van der Waals surface area (Å²) in [6, 6.07) is 9.00. The van der Waals surface area contributed by atoms with Crippen LogP contribution < -0.4 is 0 Å². The van der Waals surface area contributed by atoms with Gasteiger partial charge in [0, 0.05) is 22.9 Å². The zero-order valence-corrected chi connectivity index (χ0v) is 43.3. The number of rotatable bonds is 2. The van der Waals surface area contributed by atoms with Gasteiger partial charge in [-0.25, -0.2) is 4.68 Å². The van der Waals surface area contributed by atoms with Gasteiger partial charge in [-0.05, 0) is 135 Å². The number of carbonyl (C=O) groups is 1. The summed E-state index contributed by atoms with van der Waals surface area (Å²) in [5, 5.41) is 8.29. The number of hydrogen-bond acceptors (Lipinski definition) is 3. The molecular weight excluding hydrogens is 707 g/mol. The average Bonchev–Trinajstić information content (AvgIpc) is 3.56. The Morgan fingerprint density at radius 1 is 0.534 bits per heavy atom. The van der Waals surface area contributed by atoms with E-state index in [1.54, 1.807) is 0 Å². The van der Waals surface area contributed by atoms with E-state index in [2.05, 4.69) is 201 Å². The largest absolute Gasteiger partial charge is 0.299 e. The molecule has 336 valence electrons. The van der Waals surface area contributed by atoms with Crippen LogP contribution in [-0.4, -0.2) is 20.8 Å². The Kier molecular flexibility index (Phi) is 18.9. The summed E-state index contributed by atoms with van der Waals surface area (Å²) in [6.45, 7) is 53.8. The van der Waals surface area contributed by atoms with Gasteiger partial charge in [-0.2, -0.15) is 0 Å². The number of nitrogens with zero attached hydrogens (tertiary/aromatic N) is 3. The molecular formula is C54H99N3O. The van der Waals surface area contributed by atoms with Crippen molar-refractivity contribution in [2.24, 2.45) is 45.3 Å². The van der Waals surface area contributed by atoms with E-state index in [9.17, 15) is 4.79 Å². The Balaban J connectivity index is 0.000000389. The van der Waals surface area contributed by atoms with Crippen LogP contribution in [0.3, 0.4) is 0 Å². The lowest BCUT2D eigenvalue weighted by atomic mass is 9.64. The van der Waals surface area contributed by atoms with Gasteiger partial charge in [-0.3, -0.25) is 4.79 Å². The SMILES string of the molecule is CC(C)(C)C1CCC(C(C)(C)C)CC1.CC(C)(C)CC1CCC(C(=O)C(C)(C)C)CC1.CC(C)(C)c1ccc(C(C)(C)C)cc1.CC(C)(C)c1cn(C(C)(C)C)nn1. The van der Waals surface area contributed by atoms with Crippen LogP contribution in [0.1, 0.15) is 241 Å². The van der Waals surface area contributed by atoms with Crippen molar-refractivity contribution in [3.8, 4) is 0 Å². The van der Waals surface area contributed by atoms with Crippen LogP contribution in [0.5, 0.6) is 0 Å². The van der Waals surface area contributed by atoms with Gasteiger partial charge in [0.05, 0.1) is 11.2 Å². The number of Topliss-reactive ketones (excluding diaryl/α,β-unsaturated/α-hetero) is 1. The van der Waals surface area contributed by atoms with E-state index >= 15 is 0 Å². The second-order valence-electron chi connectivity index (χ2n) is 26.9. The van der Waals surface area contributed by atoms with Gasteiger partial charge in [0.1, 0.15) is 5.78 Å². The van der Waals surface area contributed by atoms with Gasteiger partial charge in [-0.15, -0.1) is 5.10 Å². The molecule has 2 fully saturated rings. The standard InChI is InChI=1S/C16H30O.C14H28.C14H22.C10H19N3/c1-15(2,3)11-12-7-9-13(10-8-12)14(17)16(4,5)6;2*1-13(2,3)11-7-9-12(10-8-11)14(4,5)6;1-9(2,3)8-7-13(12-11-8)10(4,5)6/h12-13H,7-11H2,1-6H3;11-12H,7-10H2,1-6H3;7-10H,1-6H3;7H,1-6H3. The molecule has 0 radical (unpaired) electrons. The fourth-order valence-corrected chi connectivity index (χ4v) is 8.34. The molecule has 0 amide bonds. The Bertz CT molecular complexity index is 1390. The van der Waals surface area contributed by atoms with E-state index in [1.165, 1.54) is 56.1 Å². The van der Waals surface area contributed by atoms with E-state index in [4.69, 9.17) is 0 Å². The summed E-state index contributed by atoms with van der Waals surface area (Å²) >= 11 is 0. The first-order valence-electron chi connectivity index (χ1n) is 23.3. The van der Waals surface area contributed by atoms with E-state index in [0.717, 1.165) is 36.3 Å². The van der Waals surface area contributed by atoms with Gasteiger partial charge in [-0.1, -0.05) is 175 Å². The molecule has 58 heavy (non-hydrogen) atoms. The highest BCUT2D eigenvalue weighted by molar-refractivity contribution is 5.86. The van der Waals surface area contributed by atoms with Crippen molar-refractivity contribution in [2.75, 3.05) is 0 Å². The van der Waals surface area contributed by atoms with Crippen LogP contribution in [0.25, 0.3) is 0 Å². The average molecular weight is 806 g/mol. The molecule has 4 nitrogen and oxygen atoms in total. The number of ketones is 1. The molecule has 2 saturated carbocycles. The van der Waals surface area contributed by atoms with Gasteiger partial charge in [0.2, 0.25) is 0 Å². The maximum absolute atomic E-state index is 12.2. The molecule has 0 unspecified atom stereocenters. The van der Waals surface area contributed by atoms with Crippen LogP contribution >= 0.6 is 0 Å². The van der Waals surface area contributed by atoms with E-state index in [0.29, 0.717) is 27.9 Å². The molecule has 0 spiro atoms. The summed E-state index contributed by atoms with van der Waals surface area (Å²) in [5.41, 5.74) is 5.84. The molecule has 0 N–H and O–H groups in total. The molecule has 0 aliphatic heterocycles. The number of benzene rings is 1. The minimum Gasteiger partial charge on any atom is -0.299 e. The molecule has 2 aliphatic rings. The number of hydrogen-bond donors (Lipinski definition) is 0. The topological polar surface area (TPSA) is 47.8 Å². The molecule has 4 rings (SSSR count). The summed E-state index contributed by atoms with van der Waals surface area (Å²) in [4.78, 5) is 12.2. The van der Waals surface area contributed by atoms with E-state index in [-0.39, 0.29) is 27.2 Å². The predicted octanol–water partition coefficient (Wildman–Crippen LogP) is 16.3. The van der Waals surface area contributed by atoms with Gasteiger partial charge >= 0.3 is 0 Å². The third-order valence-electron chi connectivity index (χ3n) is 12.6. The Morgan fingerprint density at radius 2 is 0.897 bits per heavy atom. The molecule has 2 aliphatic carbocycles. The van der Waals surface area contributed by atoms with Crippen LogP contribution in [-0.2, 0) is 26.6 Å². The highest BCUT2D eigenvalue weighted by Crippen LogP contribution is 2.45. The summed E-state index contributed by atoms with van der Waals surface area (Å²) in [6.07, 6.45) is 13.9. The van der Waals surface area contributed by atoms with Crippen LogP contribution in [0.15, 0.2) is 30.5 Å². The fourth-order valence-electron chi connectivity index (χ4n) is 8.34. The van der Waals surface area contributed by atoms with Crippen molar-refractivity contribution in [3.63, 3.8) is 0 Å². The van der Waals surface area contributed by atoms with E-state index < -0.39 is 0 Å². The first kappa shape index (κ1) is 54.0. The second-order valence-corrected chi connectivity index (χ2v) is 26.9. The molecule has 0 bridgehead atoms. The first-order chi connectivity index (χ1) is 25.7. The summed E-state index contributed by atoms with van der Waals surface area (Å²) in [7, 11) is 0. The normalized spacial score (nSPS) is 21.4.